The van der Waals surface area contributed by atoms with Crippen LogP contribution in [-0.4, -0.2) is 25.3 Å². The van der Waals surface area contributed by atoms with Crippen LogP contribution in [0.15, 0.2) is 0 Å². The lowest BCUT2D eigenvalue weighted by Crippen LogP contribution is -2.37. The lowest BCUT2D eigenvalue weighted by Gasteiger charge is -2.18. The van der Waals surface area contributed by atoms with E-state index in [1.165, 1.54) is 19.3 Å². The molecule has 0 amide bonds. The maximum absolute atomic E-state index is 5.28. The van der Waals surface area contributed by atoms with Crippen molar-refractivity contribution in [1.29, 1.82) is 0 Å². The molecule has 0 aliphatic carbocycles. The summed E-state index contributed by atoms with van der Waals surface area (Å²) in [6.45, 7) is 6.32. The molecule has 1 N–H and O–H groups in total. The molecule has 0 aromatic rings. The van der Waals surface area contributed by atoms with Gasteiger partial charge in [-0.25, -0.2) is 0 Å². The van der Waals surface area contributed by atoms with Gasteiger partial charge in [-0.1, -0.05) is 13.8 Å². The van der Waals surface area contributed by atoms with E-state index in [1.807, 2.05) is 0 Å². The molecule has 0 radical (unpaired) electrons. The quantitative estimate of drug-likeness (QED) is 0.668. The summed E-state index contributed by atoms with van der Waals surface area (Å²) < 4.78 is 5.28. The molecule has 1 unspecified atom stereocenters. The minimum absolute atomic E-state index is 0.625. The lowest BCUT2D eigenvalue weighted by atomic mass is 10.1. The number of hydrogen-bond acceptors (Lipinski definition) is 2. The molecule has 11 heavy (non-hydrogen) atoms. The SMILES string of the molecule is CCC(CC)NC1CCOC1. The summed E-state index contributed by atoms with van der Waals surface area (Å²) in [7, 11) is 0. The highest BCUT2D eigenvalue weighted by atomic mass is 16.5. The van der Waals surface area contributed by atoms with Gasteiger partial charge in [-0.15, -0.1) is 0 Å². The molecule has 0 aromatic carbocycles. The largest absolute Gasteiger partial charge is 0.380 e. The van der Waals surface area contributed by atoms with Crippen molar-refractivity contribution in [2.45, 2.75) is 45.2 Å². The molecule has 0 saturated carbocycles. The Morgan fingerprint density at radius 2 is 2.18 bits per heavy atom. The van der Waals surface area contributed by atoms with Crippen LogP contribution in [-0.2, 0) is 4.74 Å². The van der Waals surface area contributed by atoms with Crippen LogP contribution >= 0.6 is 0 Å². The van der Waals surface area contributed by atoms with Gasteiger partial charge < -0.3 is 10.1 Å². The average Bonchev–Trinajstić information content (AvgIpc) is 2.52. The van der Waals surface area contributed by atoms with E-state index >= 15 is 0 Å². The molecule has 1 heterocycles. The Bertz CT molecular complexity index is 95.7. The molecule has 1 aliphatic rings. The van der Waals surface area contributed by atoms with Crippen LogP contribution in [0.1, 0.15) is 33.1 Å². The van der Waals surface area contributed by atoms with E-state index in [-0.39, 0.29) is 0 Å². The third-order valence-corrected chi connectivity index (χ3v) is 2.39. The van der Waals surface area contributed by atoms with Gasteiger partial charge in [0.25, 0.3) is 0 Å². The van der Waals surface area contributed by atoms with Crippen molar-refractivity contribution in [3.63, 3.8) is 0 Å². The molecular weight excluding hydrogens is 138 g/mol. The van der Waals surface area contributed by atoms with Crippen molar-refractivity contribution in [3.8, 4) is 0 Å². The first-order valence-electron chi connectivity index (χ1n) is 4.70. The molecule has 1 atom stereocenters. The second-order valence-corrected chi connectivity index (χ2v) is 3.24. The Balaban J connectivity index is 2.16. The molecule has 1 saturated heterocycles. The van der Waals surface area contributed by atoms with Crippen LogP contribution < -0.4 is 5.32 Å². The first kappa shape index (κ1) is 9.01. The van der Waals surface area contributed by atoms with E-state index in [0.717, 1.165) is 13.2 Å². The van der Waals surface area contributed by atoms with E-state index in [9.17, 15) is 0 Å². The monoisotopic (exact) mass is 157 g/mol. The minimum Gasteiger partial charge on any atom is -0.380 e. The van der Waals surface area contributed by atoms with Crippen molar-refractivity contribution >= 4 is 0 Å². The van der Waals surface area contributed by atoms with Gasteiger partial charge in [0.15, 0.2) is 0 Å². The van der Waals surface area contributed by atoms with Crippen LogP contribution in [0.5, 0.6) is 0 Å². The van der Waals surface area contributed by atoms with Gasteiger partial charge in [0.05, 0.1) is 6.61 Å². The van der Waals surface area contributed by atoms with Crippen LogP contribution in [0.25, 0.3) is 0 Å². The molecule has 0 spiro atoms. The van der Waals surface area contributed by atoms with E-state index in [4.69, 9.17) is 4.74 Å². The van der Waals surface area contributed by atoms with Crippen LogP contribution in [0.4, 0.5) is 0 Å². The topological polar surface area (TPSA) is 21.3 Å². The number of rotatable bonds is 4. The third-order valence-electron chi connectivity index (χ3n) is 2.39. The third kappa shape index (κ3) is 2.80. The second kappa shape index (κ2) is 4.73. The van der Waals surface area contributed by atoms with Gasteiger partial charge in [-0.2, -0.15) is 0 Å². The van der Waals surface area contributed by atoms with E-state index in [1.54, 1.807) is 0 Å². The summed E-state index contributed by atoms with van der Waals surface area (Å²) in [6, 6.07) is 1.32. The van der Waals surface area contributed by atoms with E-state index < -0.39 is 0 Å². The van der Waals surface area contributed by atoms with Gasteiger partial charge in [0.2, 0.25) is 0 Å². The van der Waals surface area contributed by atoms with Crippen molar-refractivity contribution in [1.82, 2.24) is 5.32 Å². The molecule has 0 bridgehead atoms. The number of nitrogens with one attached hydrogen (secondary N) is 1. The van der Waals surface area contributed by atoms with Crippen molar-refractivity contribution in [3.05, 3.63) is 0 Å². The molecule has 1 fully saturated rings. The van der Waals surface area contributed by atoms with Crippen molar-refractivity contribution in [2.75, 3.05) is 13.2 Å². The lowest BCUT2D eigenvalue weighted by molar-refractivity contribution is 0.187. The Kier molecular flexibility index (Phi) is 3.87. The summed E-state index contributed by atoms with van der Waals surface area (Å²) in [5, 5.41) is 3.59. The van der Waals surface area contributed by atoms with Crippen molar-refractivity contribution < 1.29 is 4.74 Å². The Morgan fingerprint density at radius 3 is 2.64 bits per heavy atom. The Hall–Kier alpha value is -0.0800. The van der Waals surface area contributed by atoms with Gasteiger partial charge in [0, 0.05) is 18.7 Å². The van der Waals surface area contributed by atoms with E-state index in [0.29, 0.717) is 12.1 Å². The maximum atomic E-state index is 5.28. The summed E-state index contributed by atoms with van der Waals surface area (Å²) in [4.78, 5) is 0. The predicted octanol–water partition coefficient (Wildman–Crippen LogP) is 1.55. The average molecular weight is 157 g/mol. The Labute approximate surface area is 69.3 Å². The first-order chi connectivity index (χ1) is 5.36. The molecule has 2 nitrogen and oxygen atoms in total. The fraction of sp³-hybridized carbons (Fsp3) is 1.00. The fourth-order valence-electron chi connectivity index (χ4n) is 1.52. The maximum Gasteiger partial charge on any atom is 0.0620 e. The second-order valence-electron chi connectivity index (χ2n) is 3.24. The van der Waals surface area contributed by atoms with E-state index in [2.05, 4.69) is 19.2 Å². The van der Waals surface area contributed by atoms with Crippen LogP contribution in [0, 0.1) is 0 Å². The van der Waals surface area contributed by atoms with Gasteiger partial charge in [-0.3, -0.25) is 0 Å². The minimum atomic E-state index is 0.625. The number of hydrogen-bond donors (Lipinski definition) is 1. The molecule has 2 heteroatoms. The standard InChI is InChI=1S/C9H19NO/c1-3-8(4-2)10-9-5-6-11-7-9/h8-10H,3-7H2,1-2H3. The molecule has 1 rings (SSSR count). The molecule has 66 valence electrons. The van der Waals surface area contributed by atoms with Gasteiger partial charge in [-0.05, 0) is 19.3 Å². The Morgan fingerprint density at radius 1 is 1.45 bits per heavy atom. The molecular formula is C9H19NO. The highest BCUT2D eigenvalue weighted by Crippen LogP contribution is 2.06. The van der Waals surface area contributed by atoms with Crippen LogP contribution in [0.2, 0.25) is 0 Å². The zero-order valence-corrected chi connectivity index (χ0v) is 7.60. The highest BCUT2D eigenvalue weighted by Gasteiger charge is 2.17. The number of ether oxygens (including phenoxy) is 1. The fourth-order valence-corrected chi connectivity index (χ4v) is 1.52. The zero-order chi connectivity index (χ0) is 8.10. The van der Waals surface area contributed by atoms with Crippen molar-refractivity contribution in [2.24, 2.45) is 0 Å². The summed E-state index contributed by atoms with van der Waals surface area (Å²) in [6.07, 6.45) is 3.65. The summed E-state index contributed by atoms with van der Waals surface area (Å²) >= 11 is 0. The zero-order valence-electron chi connectivity index (χ0n) is 7.60. The van der Waals surface area contributed by atoms with Gasteiger partial charge in [0.1, 0.15) is 0 Å². The summed E-state index contributed by atoms with van der Waals surface area (Å²) in [5.41, 5.74) is 0. The molecule has 0 aromatic heterocycles. The van der Waals surface area contributed by atoms with Gasteiger partial charge >= 0.3 is 0 Å². The molecule has 1 aliphatic heterocycles. The smallest absolute Gasteiger partial charge is 0.0620 e. The predicted molar refractivity (Wildman–Crippen MR) is 46.7 cm³/mol. The summed E-state index contributed by atoms with van der Waals surface area (Å²) in [5.74, 6) is 0. The highest BCUT2D eigenvalue weighted by molar-refractivity contribution is 4.75. The first-order valence-corrected chi connectivity index (χ1v) is 4.70. The normalized spacial score (nSPS) is 24.8. The van der Waals surface area contributed by atoms with Crippen LogP contribution in [0.3, 0.4) is 0 Å².